The van der Waals surface area contributed by atoms with Gasteiger partial charge in [0, 0.05) is 31.3 Å². The second-order valence-corrected chi connectivity index (χ2v) is 7.73. The number of carbonyl (C=O) groups excluding carboxylic acids is 1. The standard InChI is InChI=1S/C21H19F5N4O/c22-12-2-4-19(16(23)6-12)30-9-14-13(15(14)10-30)7-29-20(31)8-28-18-3-1-11(5-17(18)27)21(24,25)26/h1-7,13-15,28H,8-10,27H2. The minimum atomic E-state index is -4.49. The van der Waals surface area contributed by atoms with Crippen LogP contribution >= 0.6 is 0 Å². The summed E-state index contributed by atoms with van der Waals surface area (Å²) in [5.41, 5.74) is 5.21. The zero-order chi connectivity index (χ0) is 22.3. The minimum absolute atomic E-state index is 0.111. The van der Waals surface area contributed by atoms with Crippen LogP contribution in [0.2, 0.25) is 0 Å². The second-order valence-electron chi connectivity index (χ2n) is 7.73. The molecule has 1 aliphatic carbocycles. The van der Waals surface area contributed by atoms with E-state index in [2.05, 4.69) is 10.3 Å². The number of benzene rings is 2. The van der Waals surface area contributed by atoms with Crippen LogP contribution in [0.5, 0.6) is 0 Å². The van der Waals surface area contributed by atoms with Crippen molar-refractivity contribution >= 4 is 29.2 Å². The highest BCUT2D eigenvalue weighted by molar-refractivity contribution is 5.90. The normalized spacial score (nSPS) is 22.6. The van der Waals surface area contributed by atoms with Crippen molar-refractivity contribution in [2.45, 2.75) is 6.18 Å². The first-order valence-electron chi connectivity index (χ1n) is 9.61. The van der Waals surface area contributed by atoms with E-state index >= 15 is 0 Å². The fraction of sp³-hybridized carbons (Fsp3) is 0.333. The number of halogens is 5. The van der Waals surface area contributed by atoms with E-state index in [0.29, 0.717) is 18.8 Å². The van der Waals surface area contributed by atoms with Crippen LogP contribution in [0, 0.1) is 29.4 Å². The van der Waals surface area contributed by atoms with Gasteiger partial charge >= 0.3 is 6.18 Å². The maximum atomic E-state index is 13.9. The lowest BCUT2D eigenvalue weighted by Gasteiger charge is -2.21. The number of nitrogen functional groups attached to an aromatic ring is 1. The van der Waals surface area contributed by atoms with Crippen LogP contribution in [0.15, 0.2) is 41.4 Å². The molecule has 2 unspecified atom stereocenters. The number of nitrogens with zero attached hydrogens (tertiary/aromatic N) is 2. The molecule has 4 rings (SSSR count). The summed E-state index contributed by atoms with van der Waals surface area (Å²) in [5, 5.41) is 2.69. The van der Waals surface area contributed by atoms with Gasteiger partial charge in [-0.1, -0.05) is 0 Å². The Morgan fingerprint density at radius 2 is 1.87 bits per heavy atom. The van der Waals surface area contributed by atoms with Gasteiger partial charge in [-0.15, -0.1) is 0 Å². The zero-order valence-electron chi connectivity index (χ0n) is 16.2. The molecule has 2 aliphatic rings. The first-order chi connectivity index (χ1) is 14.6. The molecule has 3 N–H and O–H groups in total. The van der Waals surface area contributed by atoms with Crippen molar-refractivity contribution in [3.8, 4) is 0 Å². The number of nitrogens with two attached hydrogens (primary N) is 1. The molecule has 0 radical (unpaired) electrons. The third-order valence-corrected chi connectivity index (χ3v) is 5.71. The predicted molar refractivity (Wildman–Crippen MR) is 107 cm³/mol. The number of rotatable bonds is 5. The third kappa shape index (κ3) is 4.47. The molecule has 31 heavy (non-hydrogen) atoms. The van der Waals surface area contributed by atoms with Gasteiger partial charge in [-0.2, -0.15) is 13.2 Å². The monoisotopic (exact) mass is 438 g/mol. The average molecular weight is 438 g/mol. The summed E-state index contributed by atoms with van der Waals surface area (Å²) in [6.07, 6.45) is -2.92. The van der Waals surface area contributed by atoms with Gasteiger partial charge in [0.25, 0.3) is 5.91 Å². The molecular weight excluding hydrogens is 419 g/mol. The largest absolute Gasteiger partial charge is 0.416 e. The Labute approximate surface area is 174 Å². The van der Waals surface area contributed by atoms with Gasteiger partial charge in [0.2, 0.25) is 0 Å². The van der Waals surface area contributed by atoms with Crippen molar-refractivity contribution < 1.29 is 26.7 Å². The number of anilines is 3. The Morgan fingerprint density at radius 1 is 1.16 bits per heavy atom. The lowest BCUT2D eigenvalue weighted by molar-refractivity contribution is -0.137. The smallest absolute Gasteiger partial charge is 0.397 e. The van der Waals surface area contributed by atoms with Crippen LogP contribution < -0.4 is 16.0 Å². The van der Waals surface area contributed by atoms with Crippen LogP contribution in [0.1, 0.15) is 5.56 Å². The maximum Gasteiger partial charge on any atom is 0.416 e. The number of piperidine rings is 1. The van der Waals surface area contributed by atoms with E-state index in [9.17, 15) is 26.7 Å². The lowest BCUT2D eigenvalue weighted by atomic mass is 10.1. The molecular formula is C21H19F5N4O. The van der Waals surface area contributed by atoms with Crippen molar-refractivity contribution in [3.63, 3.8) is 0 Å². The lowest BCUT2D eigenvalue weighted by Crippen LogP contribution is -2.25. The predicted octanol–water partition coefficient (Wildman–Crippen LogP) is 3.96. The summed E-state index contributed by atoms with van der Waals surface area (Å²) in [4.78, 5) is 17.8. The molecule has 1 heterocycles. The van der Waals surface area contributed by atoms with Gasteiger partial charge in [0.1, 0.15) is 11.6 Å². The highest BCUT2D eigenvalue weighted by atomic mass is 19.4. The van der Waals surface area contributed by atoms with Gasteiger partial charge in [0.05, 0.1) is 29.2 Å². The fourth-order valence-corrected chi connectivity index (χ4v) is 4.01. The molecule has 2 atom stereocenters. The summed E-state index contributed by atoms with van der Waals surface area (Å²) < 4.78 is 64.9. The minimum Gasteiger partial charge on any atom is -0.397 e. The first kappa shape index (κ1) is 21.1. The van der Waals surface area contributed by atoms with Crippen LogP contribution in [0.3, 0.4) is 0 Å². The van der Waals surface area contributed by atoms with E-state index in [4.69, 9.17) is 5.73 Å². The number of carbonyl (C=O) groups is 1. The number of aliphatic imine (C=N–C) groups is 1. The zero-order valence-corrected chi connectivity index (χ0v) is 16.2. The van der Waals surface area contributed by atoms with Crippen molar-refractivity contribution in [2.75, 3.05) is 35.6 Å². The Balaban J connectivity index is 1.26. The molecule has 2 fully saturated rings. The topological polar surface area (TPSA) is 70.7 Å². The number of fused-ring (bicyclic) bond motifs is 1. The van der Waals surface area contributed by atoms with Gasteiger partial charge < -0.3 is 16.0 Å². The molecule has 1 amide bonds. The number of alkyl halides is 3. The van der Waals surface area contributed by atoms with E-state index < -0.39 is 29.3 Å². The highest BCUT2D eigenvalue weighted by Crippen LogP contribution is 2.51. The number of amides is 1. The first-order valence-corrected chi connectivity index (χ1v) is 9.61. The number of hydrogen-bond acceptors (Lipinski definition) is 4. The molecule has 0 spiro atoms. The van der Waals surface area contributed by atoms with Crippen LogP contribution in [-0.4, -0.2) is 31.8 Å². The van der Waals surface area contributed by atoms with E-state index in [1.807, 2.05) is 4.90 Å². The van der Waals surface area contributed by atoms with E-state index in [-0.39, 0.29) is 35.7 Å². The van der Waals surface area contributed by atoms with E-state index in [0.717, 1.165) is 18.2 Å². The summed E-state index contributed by atoms with van der Waals surface area (Å²) >= 11 is 0. The van der Waals surface area contributed by atoms with Crippen LogP contribution in [0.25, 0.3) is 0 Å². The molecule has 0 aromatic heterocycles. The van der Waals surface area contributed by atoms with Crippen molar-refractivity contribution in [1.29, 1.82) is 0 Å². The molecule has 164 valence electrons. The van der Waals surface area contributed by atoms with E-state index in [1.165, 1.54) is 18.2 Å². The molecule has 1 saturated heterocycles. The van der Waals surface area contributed by atoms with Gasteiger partial charge in [-0.05, 0) is 42.2 Å². The number of hydrogen-bond donors (Lipinski definition) is 2. The SMILES string of the molecule is Nc1cc(C(F)(F)F)ccc1NCC(=O)N=CC1C2CN(c3ccc(F)cc3F)CC12. The molecule has 10 heteroatoms. The molecule has 0 bridgehead atoms. The van der Waals surface area contributed by atoms with Crippen molar-refractivity contribution in [1.82, 2.24) is 0 Å². The summed E-state index contributed by atoms with van der Waals surface area (Å²) in [6, 6.07) is 6.35. The van der Waals surface area contributed by atoms with Crippen molar-refractivity contribution in [3.05, 3.63) is 53.6 Å². The maximum absolute atomic E-state index is 13.9. The molecule has 2 aromatic rings. The van der Waals surface area contributed by atoms with Gasteiger partial charge in [-0.25, -0.2) is 13.8 Å². The Hall–Kier alpha value is -3.17. The second kappa shape index (κ2) is 7.82. The number of nitrogens with one attached hydrogen (secondary N) is 1. The van der Waals surface area contributed by atoms with E-state index in [1.54, 1.807) is 6.21 Å². The highest BCUT2D eigenvalue weighted by Gasteiger charge is 2.55. The third-order valence-electron chi connectivity index (χ3n) is 5.71. The Kier molecular flexibility index (Phi) is 5.32. The Morgan fingerprint density at radius 3 is 2.48 bits per heavy atom. The molecule has 1 saturated carbocycles. The van der Waals surface area contributed by atoms with Crippen LogP contribution in [0.4, 0.5) is 39.0 Å². The fourth-order valence-electron chi connectivity index (χ4n) is 4.01. The quantitative estimate of drug-likeness (QED) is 0.421. The molecule has 1 aliphatic heterocycles. The van der Waals surface area contributed by atoms with Crippen LogP contribution in [-0.2, 0) is 11.0 Å². The molecule has 2 aromatic carbocycles. The summed E-state index contributed by atoms with van der Waals surface area (Å²) in [5.74, 6) is -1.10. The Bertz CT molecular complexity index is 1030. The summed E-state index contributed by atoms with van der Waals surface area (Å²) in [6.45, 7) is 0.984. The van der Waals surface area contributed by atoms with Gasteiger partial charge in [0.15, 0.2) is 0 Å². The van der Waals surface area contributed by atoms with Crippen molar-refractivity contribution in [2.24, 2.45) is 22.7 Å². The van der Waals surface area contributed by atoms with Gasteiger partial charge in [-0.3, -0.25) is 4.79 Å². The molecule has 5 nitrogen and oxygen atoms in total. The average Bonchev–Trinajstić information content (AvgIpc) is 3.14. The summed E-state index contributed by atoms with van der Waals surface area (Å²) in [7, 11) is 0.